The zero-order valence-electron chi connectivity index (χ0n) is 10.4. The minimum absolute atomic E-state index is 0.275. The van der Waals surface area contributed by atoms with Crippen LogP contribution in [-0.2, 0) is 10.0 Å². The highest BCUT2D eigenvalue weighted by Crippen LogP contribution is 2.25. The SMILES string of the molecule is CCC(CC)(CBr)NS(=O)(=O)c1ccccc1Br. The molecule has 0 unspecified atom stereocenters. The van der Waals surface area contributed by atoms with E-state index in [0.717, 1.165) is 12.8 Å². The molecule has 0 aliphatic carbocycles. The molecule has 1 N–H and O–H groups in total. The Balaban J connectivity index is 3.13. The zero-order valence-corrected chi connectivity index (χ0v) is 14.4. The lowest BCUT2D eigenvalue weighted by Crippen LogP contribution is -2.48. The summed E-state index contributed by atoms with van der Waals surface area (Å²) in [4.78, 5) is 0.275. The van der Waals surface area contributed by atoms with Gasteiger partial charge in [0.2, 0.25) is 10.0 Å². The highest BCUT2D eigenvalue weighted by atomic mass is 79.9. The summed E-state index contributed by atoms with van der Waals surface area (Å²) in [5, 5.41) is 0.594. The van der Waals surface area contributed by atoms with E-state index in [-0.39, 0.29) is 4.90 Å². The van der Waals surface area contributed by atoms with Crippen LogP contribution < -0.4 is 4.72 Å². The minimum Gasteiger partial charge on any atom is -0.207 e. The Morgan fingerprint density at radius 1 is 1.22 bits per heavy atom. The van der Waals surface area contributed by atoms with Gasteiger partial charge < -0.3 is 0 Å². The molecule has 0 saturated carbocycles. The lowest BCUT2D eigenvalue weighted by atomic mass is 9.97. The van der Waals surface area contributed by atoms with Crippen LogP contribution in [0.3, 0.4) is 0 Å². The van der Waals surface area contributed by atoms with Crippen molar-refractivity contribution in [1.82, 2.24) is 4.72 Å². The van der Waals surface area contributed by atoms with Crippen LogP contribution >= 0.6 is 31.9 Å². The number of benzene rings is 1. The highest BCUT2D eigenvalue weighted by molar-refractivity contribution is 9.10. The summed E-state index contributed by atoms with van der Waals surface area (Å²) in [5.74, 6) is 0. The first kappa shape index (κ1) is 16.1. The van der Waals surface area contributed by atoms with Gasteiger partial charge in [0.25, 0.3) is 0 Å². The molecule has 102 valence electrons. The summed E-state index contributed by atoms with van der Waals surface area (Å²) in [6.07, 6.45) is 1.47. The van der Waals surface area contributed by atoms with Crippen LogP contribution in [0.1, 0.15) is 26.7 Å². The van der Waals surface area contributed by atoms with Gasteiger partial charge in [-0.25, -0.2) is 13.1 Å². The fourth-order valence-corrected chi connectivity index (χ4v) is 5.28. The van der Waals surface area contributed by atoms with Gasteiger partial charge in [-0.2, -0.15) is 0 Å². The third-order valence-electron chi connectivity index (χ3n) is 3.09. The topological polar surface area (TPSA) is 46.2 Å². The second kappa shape index (κ2) is 6.50. The number of sulfonamides is 1. The molecule has 0 bridgehead atoms. The van der Waals surface area contributed by atoms with Crippen molar-refractivity contribution in [3.05, 3.63) is 28.7 Å². The molecular weight excluding hydrogens is 382 g/mol. The van der Waals surface area contributed by atoms with Gasteiger partial charge in [-0.05, 0) is 40.9 Å². The summed E-state index contributed by atoms with van der Waals surface area (Å²) in [7, 11) is -3.51. The normalized spacial score (nSPS) is 12.7. The maximum Gasteiger partial charge on any atom is 0.242 e. The van der Waals surface area contributed by atoms with Gasteiger partial charge in [0.05, 0.1) is 4.90 Å². The Hall–Kier alpha value is 0.0900. The van der Waals surface area contributed by atoms with E-state index in [0.29, 0.717) is 9.80 Å². The number of nitrogens with one attached hydrogen (secondary N) is 1. The predicted octanol–water partition coefficient (Wildman–Crippen LogP) is 3.68. The van der Waals surface area contributed by atoms with Crippen molar-refractivity contribution in [1.29, 1.82) is 0 Å². The Kier molecular flexibility index (Phi) is 5.83. The molecule has 0 heterocycles. The van der Waals surface area contributed by atoms with Crippen LogP contribution in [0.15, 0.2) is 33.6 Å². The van der Waals surface area contributed by atoms with E-state index >= 15 is 0 Å². The summed E-state index contributed by atoms with van der Waals surface area (Å²) in [6.45, 7) is 3.96. The van der Waals surface area contributed by atoms with Crippen molar-refractivity contribution in [2.45, 2.75) is 37.1 Å². The summed E-state index contributed by atoms with van der Waals surface area (Å²) >= 11 is 6.67. The van der Waals surface area contributed by atoms with Gasteiger partial charge in [-0.3, -0.25) is 0 Å². The van der Waals surface area contributed by atoms with Crippen molar-refractivity contribution in [2.24, 2.45) is 0 Å². The Morgan fingerprint density at radius 2 is 1.78 bits per heavy atom. The van der Waals surface area contributed by atoms with Crippen LogP contribution in [0.5, 0.6) is 0 Å². The molecule has 0 atom stereocenters. The number of rotatable bonds is 6. The molecule has 6 heteroatoms. The average molecular weight is 399 g/mol. The lowest BCUT2D eigenvalue weighted by Gasteiger charge is -2.30. The third-order valence-corrected chi connectivity index (χ3v) is 6.75. The van der Waals surface area contributed by atoms with E-state index in [9.17, 15) is 8.42 Å². The number of hydrogen-bond donors (Lipinski definition) is 1. The van der Waals surface area contributed by atoms with Crippen LogP contribution in [0, 0.1) is 0 Å². The van der Waals surface area contributed by atoms with Gasteiger partial charge in [0.15, 0.2) is 0 Å². The van der Waals surface area contributed by atoms with Crippen molar-refractivity contribution in [3.8, 4) is 0 Å². The summed E-state index contributed by atoms with van der Waals surface area (Å²) < 4.78 is 28.2. The molecule has 1 aromatic carbocycles. The summed E-state index contributed by atoms with van der Waals surface area (Å²) in [6, 6.07) is 6.83. The van der Waals surface area contributed by atoms with Crippen molar-refractivity contribution >= 4 is 41.9 Å². The molecule has 3 nitrogen and oxygen atoms in total. The fourth-order valence-electron chi connectivity index (χ4n) is 1.61. The van der Waals surface area contributed by atoms with Crippen molar-refractivity contribution in [3.63, 3.8) is 0 Å². The Labute approximate surface area is 126 Å². The maximum absolute atomic E-state index is 12.4. The molecular formula is C12H17Br2NO2S. The Morgan fingerprint density at radius 3 is 2.22 bits per heavy atom. The smallest absolute Gasteiger partial charge is 0.207 e. The predicted molar refractivity (Wildman–Crippen MR) is 81.6 cm³/mol. The molecule has 0 aromatic heterocycles. The molecule has 0 amide bonds. The standard InChI is InChI=1S/C12H17Br2NO2S/c1-3-12(4-2,9-13)15-18(16,17)11-8-6-5-7-10(11)14/h5-8,15H,3-4,9H2,1-2H3. The molecule has 1 rings (SSSR count). The first-order chi connectivity index (χ1) is 8.40. The molecule has 18 heavy (non-hydrogen) atoms. The quantitative estimate of drug-likeness (QED) is 0.742. The second-order valence-electron chi connectivity index (χ2n) is 4.16. The molecule has 0 fully saturated rings. The first-order valence-electron chi connectivity index (χ1n) is 5.75. The van der Waals surface area contributed by atoms with E-state index in [2.05, 4.69) is 36.6 Å². The molecule has 0 saturated heterocycles. The van der Waals surface area contributed by atoms with Crippen LogP contribution in [0.25, 0.3) is 0 Å². The van der Waals surface area contributed by atoms with E-state index in [1.165, 1.54) is 0 Å². The van der Waals surface area contributed by atoms with Crippen LogP contribution in [0.4, 0.5) is 0 Å². The first-order valence-corrected chi connectivity index (χ1v) is 9.15. The molecule has 0 radical (unpaired) electrons. The average Bonchev–Trinajstić information content (AvgIpc) is 2.36. The monoisotopic (exact) mass is 397 g/mol. The van der Waals surface area contributed by atoms with Crippen molar-refractivity contribution in [2.75, 3.05) is 5.33 Å². The maximum atomic E-state index is 12.4. The lowest BCUT2D eigenvalue weighted by molar-refractivity contribution is 0.398. The fraction of sp³-hybridized carbons (Fsp3) is 0.500. The zero-order chi connectivity index (χ0) is 13.8. The minimum atomic E-state index is -3.51. The number of hydrogen-bond acceptors (Lipinski definition) is 2. The summed E-state index contributed by atoms with van der Waals surface area (Å²) in [5.41, 5.74) is -0.436. The number of halogens is 2. The van der Waals surface area contributed by atoms with Crippen LogP contribution in [-0.4, -0.2) is 19.3 Å². The van der Waals surface area contributed by atoms with Gasteiger partial charge in [-0.15, -0.1) is 0 Å². The van der Waals surface area contributed by atoms with Gasteiger partial charge in [0, 0.05) is 15.3 Å². The van der Waals surface area contributed by atoms with Gasteiger partial charge >= 0.3 is 0 Å². The molecule has 0 aliphatic heterocycles. The molecule has 1 aromatic rings. The van der Waals surface area contributed by atoms with E-state index in [1.54, 1.807) is 24.3 Å². The van der Waals surface area contributed by atoms with E-state index in [1.807, 2.05) is 13.8 Å². The van der Waals surface area contributed by atoms with Gasteiger partial charge in [0.1, 0.15) is 0 Å². The third kappa shape index (κ3) is 3.56. The van der Waals surface area contributed by atoms with Crippen LogP contribution in [0.2, 0.25) is 0 Å². The highest BCUT2D eigenvalue weighted by Gasteiger charge is 2.31. The van der Waals surface area contributed by atoms with E-state index in [4.69, 9.17) is 0 Å². The molecule has 0 spiro atoms. The Bertz CT molecular complexity index is 490. The van der Waals surface area contributed by atoms with Crippen molar-refractivity contribution < 1.29 is 8.42 Å². The van der Waals surface area contributed by atoms with Gasteiger partial charge in [-0.1, -0.05) is 41.9 Å². The second-order valence-corrected chi connectivity index (χ2v) is 7.22. The largest absolute Gasteiger partial charge is 0.242 e. The molecule has 0 aliphatic rings. The number of alkyl halides is 1. The van der Waals surface area contributed by atoms with E-state index < -0.39 is 15.6 Å².